The second-order valence-corrected chi connectivity index (χ2v) is 4.91. The van der Waals surface area contributed by atoms with E-state index in [2.05, 4.69) is 10.3 Å². The molecule has 0 radical (unpaired) electrons. The first-order chi connectivity index (χ1) is 10.1. The maximum atomic E-state index is 10.8. The van der Waals surface area contributed by atoms with E-state index in [1.54, 1.807) is 36.5 Å². The Labute approximate surface area is 126 Å². The van der Waals surface area contributed by atoms with Gasteiger partial charge in [-0.2, -0.15) is 0 Å². The Hall–Kier alpha value is -2.59. The Morgan fingerprint density at radius 2 is 1.86 bits per heavy atom. The lowest BCUT2D eigenvalue weighted by Gasteiger charge is -2.10. The fourth-order valence-electron chi connectivity index (χ4n) is 2.09. The van der Waals surface area contributed by atoms with Gasteiger partial charge in [0.1, 0.15) is 0 Å². The van der Waals surface area contributed by atoms with Crippen molar-refractivity contribution in [1.29, 1.82) is 0 Å². The minimum absolute atomic E-state index is 0.250. The molecule has 2 N–H and O–H groups in total. The summed E-state index contributed by atoms with van der Waals surface area (Å²) in [5.74, 6) is -0.944. The molecule has 3 rings (SSSR count). The Morgan fingerprint density at radius 3 is 2.57 bits per heavy atom. The Balaban J connectivity index is 1.98. The Bertz CT molecular complexity index is 816. The minimum Gasteiger partial charge on any atom is -0.478 e. The highest BCUT2D eigenvalue weighted by molar-refractivity contribution is 6.35. The van der Waals surface area contributed by atoms with Crippen LogP contribution in [0.1, 0.15) is 10.4 Å². The molecular formula is C16H11ClN2O2. The summed E-state index contributed by atoms with van der Waals surface area (Å²) in [6, 6.07) is 13.9. The Morgan fingerprint density at radius 1 is 1.10 bits per heavy atom. The zero-order valence-electron chi connectivity index (χ0n) is 10.9. The van der Waals surface area contributed by atoms with Gasteiger partial charge in [-0.05, 0) is 48.5 Å². The predicted octanol–water partition coefficient (Wildman–Crippen LogP) is 4.33. The van der Waals surface area contributed by atoms with Gasteiger partial charge in [-0.1, -0.05) is 11.6 Å². The van der Waals surface area contributed by atoms with E-state index in [0.717, 1.165) is 22.3 Å². The number of halogens is 1. The predicted molar refractivity (Wildman–Crippen MR) is 83.4 cm³/mol. The smallest absolute Gasteiger partial charge is 0.335 e. The summed E-state index contributed by atoms with van der Waals surface area (Å²) >= 11 is 6.15. The number of carbonyl (C=O) groups is 1. The van der Waals surface area contributed by atoms with Crippen LogP contribution in [0.2, 0.25) is 5.02 Å². The first kappa shape index (κ1) is 13.4. The van der Waals surface area contributed by atoms with E-state index in [1.807, 2.05) is 18.2 Å². The van der Waals surface area contributed by atoms with E-state index in [4.69, 9.17) is 16.7 Å². The van der Waals surface area contributed by atoms with Gasteiger partial charge in [0.15, 0.2) is 0 Å². The van der Waals surface area contributed by atoms with Crippen LogP contribution in [0.5, 0.6) is 0 Å². The number of hydrogen-bond donors (Lipinski definition) is 2. The van der Waals surface area contributed by atoms with Gasteiger partial charge >= 0.3 is 5.97 Å². The lowest BCUT2D eigenvalue weighted by molar-refractivity contribution is 0.0697. The van der Waals surface area contributed by atoms with Crippen molar-refractivity contribution in [3.05, 3.63) is 65.3 Å². The third-order valence-electron chi connectivity index (χ3n) is 3.13. The van der Waals surface area contributed by atoms with Crippen molar-refractivity contribution >= 4 is 39.8 Å². The summed E-state index contributed by atoms with van der Waals surface area (Å²) in [5, 5.41) is 13.6. The molecule has 2 aromatic carbocycles. The van der Waals surface area contributed by atoms with Crippen LogP contribution in [-0.4, -0.2) is 16.1 Å². The van der Waals surface area contributed by atoms with E-state index in [0.29, 0.717) is 5.02 Å². The van der Waals surface area contributed by atoms with Gasteiger partial charge in [0.25, 0.3) is 0 Å². The molecule has 3 aromatic rings. The van der Waals surface area contributed by atoms with Gasteiger partial charge in [-0.25, -0.2) is 4.79 Å². The maximum absolute atomic E-state index is 10.8. The summed E-state index contributed by atoms with van der Waals surface area (Å²) in [6.45, 7) is 0. The lowest BCUT2D eigenvalue weighted by atomic mass is 10.1. The highest BCUT2D eigenvalue weighted by Crippen LogP contribution is 2.30. The third kappa shape index (κ3) is 2.66. The number of nitrogens with one attached hydrogen (secondary N) is 1. The monoisotopic (exact) mass is 298 g/mol. The van der Waals surface area contributed by atoms with Crippen LogP contribution >= 0.6 is 11.6 Å². The normalized spacial score (nSPS) is 10.5. The number of pyridine rings is 1. The van der Waals surface area contributed by atoms with Crippen molar-refractivity contribution in [2.45, 2.75) is 0 Å². The van der Waals surface area contributed by atoms with Gasteiger partial charge in [0.05, 0.1) is 21.8 Å². The molecule has 0 saturated heterocycles. The quantitative estimate of drug-likeness (QED) is 0.755. The van der Waals surface area contributed by atoms with Crippen molar-refractivity contribution in [1.82, 2.24) is 4.98 Å². The summed E-state index contributed by atoms with van der Waals surface area (Å²) in [6.07, 6.45) is 1.71. The number of nitrogens with zero attached hydrogens (tertiary/aromatic N) is 1. The molecule has 0 amide bonds. The van der Waals surface area contributed by atoms with Gasteiger partial charge < -0.3 is 10.4 Å². The van der Waals surface area contributed by atoms with E-state index in [-0.39, 0.29) is 5.56 Å². The maximum Gasteiger partial charge on any atom is 0.335 e. The first-order valence-corrected chi connectivity index (χ1v) is 6.66. The van der Waals surface area contributed by atoms with Crippen LogP contribution in [0, 0.1) is 0 Å². The van der Waals surface area contributed by atoms with Crippen LogP contribution in [-0.2, 0) is 0 Å². The largest absolute Gasteiger partial charge is 0.478 e. The van der Waals surface area contributed by atoms with Crippen molar-refractivity contribution in [2.24, 2.45) is 0 Å². The standard InChI is InChI=1S/C16H11ClN2O2/c17-13-7-8-14(15-12(13)2-1-9-18-15)19-11-5-3-10(4-6-11)16(20)21/h1-9,19H,(H,20,21). The number of hydrogen-bond acceptors (Lipinski definition) is 3. The van der Waals surface area contributed by atoms with E-state index in [1.165, 1.54) is 0 Å². The van der Waals surface area contributed by atoms with Crippen LogP contribution < -0.4 is 5.32 Å². The van der Waals surface area contributed by atoms with Crippen molar-refractivity contribution in [3.8, 4) is 0 Å². The molecular weight excluding hydrogens is 288 g/mol. The van der Waals surface area contributed by atoms with Crippen molar-refractivity contribution in [3.63, 3.8) is 0 Å². The summed E-state index contributed by atoms with van der Waals surface area (Å²) < 4.78 is 0. The molecule has 0 spiro atoms. The molecule has 4 nitrogen and oxygen atoms in total. The molecule has 0 atom stereocenters. The van der Waals surface area contributed by atoms with Gasteiger partial charge in [-0.3, -0.25) is 4.98 Å². The zero-order chi connectivity index (χ0) is 14.8. The number of fused-ring (bicyclic) bond motifs is 1. The fraction of sp³-hybridized carbons (Fsp3) is 0. The van der Waals surface area contributed by atoms with Crippen LogP contribution in [0.3, 0.4) is 0 Å². The van der Waals surface area contributed by atoms with Gasteiger partial charge in [0.2, 0.25) is 0 Å². The molecule has 21 heavy (non-hydrogen) atoms. The summed E-state index contributed by atoms with van der Waals surface area (Å²) in [5.41, 5.74) is 2.62. The minimum atomic E-state index is -0.944. The highest BCUT2D eigenvalue weighted by Gasteiger charge is 2.07. The van der Waals surface area contributed by atoms with E-state index >= 15 is 0 Å². The molecule has 104 valence electrons. The van der Waals surface area contributed by atoms with Gasteiger partial charge in [-0.15, -0.1) is 0 Å². The number of aromatic nitrogens is 1. The average molecular weight is 299 g/mol. The fourth-order valence-corrected chi connectivity index (χ4v) is 2.31. The SMILES string of the molecule is O=C(O)c1ccc(Nc2ccc(Cl)c3cccnc23)cc1. The van der Waals surface area contributed by atoms with Crippen molar-refractivity contribution in [2.75, 3.05) is 5.32 Å². The molecule has 0 bridgehead atoms. The number of carboxylic acids is 1. The second-order valence-electron chi connectivity index (χ2n) is 4.50. The van der Waals surface area contributed by atoms with E-state index in [9.17, 15) is 4.79 Å². The zero-order valence-corrected chi connectivity index (χ0v) is 11.6. The lowest BCUT2D eigenvalue weighted by Crippen LogP contribution is -1.97. The molecule has 0 unspecified atom stereocenters. The molecule has 0 aliphatic rings. The highest BCUT2D eigenvalue weighted by atomic mass is 35.5. The molecule has 0 fully saturated rings. The van der Waals surface area contributed by atoms with E-state index < -0.39 is 5.97 Å². The molecule has 1 heterocycles. The number of anilines is 2. The molecule has 0 saturated carbocycles. The average Bonchev–Trinajstić information content (AvgIpc) is 2.51. The molecule has 5 heteroatoms. The summed E-state index contributed by atoms with van der Waals surface area (Å²) in [4.78, 5) is 15.2. The van der Waals surface area contributed by atoms with Gasteiger partial charge in [0, 0.05) is 17.3 Å². The Kier molecular flexibility index (Phi) is 3.46. The topological polar surface area (TPSA) is 62.2 Å². The first-order valence-electron chi connectivity index (χ1n) is 6.29. The molecule has 1 aromatic heterocycles. The molecule has 0 aliphatic heterocycles. The number of carboxylic acid groups (broad SMARTS) is 1. The van der Waals surface area contributed by atoms with Crippen LogP contribution in [0.4, 0.5) is 11.4 Å². The third-order valence-corrected chi connectivity index (χ3v) is 3.46. The summed E-state index contributed by atoms with van der Waals surface area (Å²) in [7, 11) is 0. The molecule has 0 aliphatic carbocycles. The number of aromatic carboxylic acids is 1. The van der Waals surface area contributed by atoms with Crippen LogP contribution in [0.25, 0.3) is 10.9 Å². The van der Waals surface area contributed by atoms with Crippen LogP contribution in [0.15, 0.2) is 54.7 Å². The van der Waals surface area contributed by atoms with Crippen molar-refractivity contribution < 1.29 is 9.90 Å². The number of benzene rings is 2. The second kappa shape index (κ2) is 5.42. The number of rotatable bonds is 3.